The summed E-state index contributed by atoms with van der Waals surface area (Å²) in [6, 6.07) is 10.4. The Hall–Kier alpha value is -2.10. The van der Waals surface area contributed by atoms with E-state index in [-0.39, 0.29) is 5.56 Å². The van der Waals surface area contributed by atoms with Crippen LogP contribution in [-0.4, -0.2) is 11.7 Å². The minimum Gasteiger partial charge on any atom is -0.497 e. The average Bonchev–Trinajstić information content (AvgIpc) is 2.39. The Labute approximate surface area is 98.1 Å². The Morgan fingerprint density at radius 3 is 2.35 bits per heavy atom. The van der Waals surface area contributed by atoms with E-state index in [2.05, 4.69) is 0 Å². The second kappa shape index (κ2) is 4.82. The third kappa shape index (κ3) is 2.36. The van der Waals surface area contributed by atoms with Crippen LogP contribution >= 0.6 is 0 Å². The molecule has 3 nitrogen and oxygen atoms in total. The molecule has 0 unspecified atom stereocenters. The molecule has 0 spiro atoms. The molecule has 0 aliphatic carbocycles. The summed E-state index contributed by atoms with van der Waals surface area (Å²) in [6.45, 7) is -0.817. The number of benzene rings is 1. The highest BCUT2D eigenvalue weighted by Crippen LogP contribution is 2.21. The first-order valence-corrected chi connectivity index (χ1v) is 5.15. The van der Waals surface area contributed by atoms with Gasteiger partial charge in [-0.2, -0.15) is 0 Å². The number of alkyl halides is 1. The fraction of sp³-hybridized carbons (Fsp3) is 0.154. The monoisotopic (exact) mass is 233 g/mol. The predicted octanol–water partition coefficient (Wildman–Crippen LogP) is 2.45. The largest absolute Gasteiger partial charge is 0.497 e. The highest BCUT2D eigenvalue weighted by Gasteiger charge is 2.01. The van der Waals surface area contributed by atoms with Gasteiger partial charge in [0.05, 0.1) is 7.11 Å². The van der Waals surface area contributed by atoms with Crippen LogP contribution in [0.1, 0.15) is 0 Å². The number of hydrogen-bond donors (Lipinski definition) is 0. The van der Waals surface area contributed by atoms with Gasteiger partial charge in [0, 0.05) is 12.3 Å². The highest BCUT2D eigenvalue weighted by molar-refractivity contribution is 5.63. The van der Waals surface area contributed by atoms with Crippen LogP contribution in [-0.2, 0) is 6.80 Å². The van der Waals surface area contributed by atoms with Gasteiger partial charge in [0.1, 0.15) is 5.75 Å². The van der Waals surface area contributed by atoms with Gasteiger partial charge in [-0.1, -0.05) is 12.1 Å². The molecule has 0 radical (unpaired) electrons. The third-order valence-electron chi connectivity index (χ3n) is 2.54. The zero-order valence-corrected chi connectivity index (χ0v) is 9.39. The van der Waals surface area contributed by atoms with Crippen LogP contribution in [0, 0.1) is 0 Å². The molecule has 1 aromatic heterocycles. The molecule has 0 bridgehead atoms. The van der Waals surface area contributed by atoms with Gasteiger partial charge in [0.25, 0.3) is 5.56 Å². The maximum Gasteiger partial charge on any atom is 0.252 e. The van der Waals surface area contributed by atoms with Gasteiger partial charge >= 0.3 is 0 Å². The maximum atomic E-state index is 12.5. The summed E-state index contributed by atoms with van der Waals surface area (Å²) in [5.41, 5.74) is 1.36. The van der Waals surface area contributed by atoms with Gasteiger partial charge in [-0.25, -0.2) is 4.39 Å². The lowest BCUT2D eigenvalue weighted by Gasteiger charge is -2.06. The second-order valence-electron chi connectivity index (χ2n) is 3.57. The van der Waals surface area contributed by atoms with E-state index >= 15 is 0 Å². The topological polar surface area (TPSA) is 31.2 Å². The molecular formula is C13H12FNO2. The summed E-state index contributed by atoms with van der Waals surface area (Å²) in [6.07, 6.45) is 1.50. The number of nitrogens with zero attached hydrogens (tertiary/aromatic N) is 1. The number of rotatable bonds is 3. The molecule has 0 aliphatic rings. The minimum absolute atomic E-state index is 0.343. The molecule has 2 rings (SSSR count). The summed E-state index contributed by atoms with van der Waals surface area (Å²) >= 11 is 0. The SMILES string of the molecule is COc1ccc(-c2ccc(=O)n(CF)c2)cc1. The van der Waals surface area contributed by atoms with E-state index in [0.29, 0.717) is 0 Å². The smallest absolute Gasteiger partial charge is 0.252 e. The van der Waals surface area contributed by atoms with Crippen LogP contribution in [0.15, 0.2) is 47.4 Å². The average molecular weight is 233 g/mol. The zero-order valence-electron chi connectivity index (χ0n) is 9.39. The van der Waals surface area contributed by atoms with Crippen molar-refractivity contribution >= 4 is 0 Å². The molecule has 0 aliphatic heterocycles. The fourth-order valence-corrected chi connectivity index (χ4v) is 1.58. The number of aromatic nitrogens is 1. The molecule has 0 saturated heterocycles. The van der Waals surface area contributed by atoms with Crippen LogP contribution in [0.5, 0.6) is 5.75 Å². The third-order valence-corrected chi connectivity index (χ3v) is 2.54. The first-order valence-electron chi connectivity index (χ1n) is 5.15. The van der Waals surface area contributed by atoms with Gasteiger partial charge in [-0.05, 0) is 29.3 Å². The number of hydrogen-bond acceptors (Lipinski definition) is 2. The Bertz CT molecular complexity index is 560. The van der Waals surface area contributed by atoms with E-state index in [4.69, 9.17) is 4.74 Å². The lowest BCUT2D eigenvalue weighted by atomic mass is 10.1. The van der Waals surface area contributed by atoms with Gasteiger partial charge in [0.2, 0.25) is 0 Å². The van der Waals surface area contributed by atoms with Crippen molar-refractivity contribution in [3.8, 4) is 16.9 Å². The van der Waals surface area contributed by atoms with Crippen molar-refractivity contribution < 1.29 is 9.13 Å². The lowest BCUT2D eigenvalue weighted by molar-refractivity contribution is 0.369. The molecule has 0 N–H and O–H groups in total. The van der Waals surface area contributed by atoms with Crippen LogP contribution in [0.2, 0.25) is 0 Å². The molecule has 88 valence electrons. The minimum atomic E-state index is -0.817. The van der Waals surface area contributed by atoms with Crippen molar-refractivity contribution in [1.82, 2.24) is 4.57 Å². The lowest BCUT2D eigenvalue weighted by Crippen LogP contribution is -2.16. The molecule has 0 fully saturated rings. The molecule has 0 atom stereocenters. The molecule has 17 heavy (non-hydrogen) atoms. The molecule has 1 heterocycles. The summed E-state index contributed by atoms with van der Waals surface area (Å²) in [4.78, 5) is 11.2. The predicted molar refractivity (Wildman–Crippen MR) is 63.8 cm³/mol. The van der Waals surface area contributed by atoms with Crippen molar-refractivity contribution in [3.05, 3.63) is 52.9 Å². The number of methoxy groups -OCH3 is 1. The Kier molecular flexibility index (Phi) is 3.23. The van der Waals surface area contributed by atoms with Crippen LogP contribution in [0.25, 0.3) is 11.1 Å². The molecular weight excluding hydrogens is 221 g/mol. The first-order chi connectivity index (χ1) is 8.24. The molecule has 4 heteroatoms. The van der Waals surface area contributed by atoms with E-state index in [1.165, 1.54) is 12.3 Å². The number of pyridine rings is 1. The van der Waals surface area contributed by atoms with E-state index in [1.807, 2.05) is 24.3 Å². The Morgan fingerprint density at radius 1 is 1.12 bits per heavy atom. The van der Waals surface area contributed by atoms with Crippen molar-refractivity contribution in [2.75, 3.05) is 7.11 Å². The molecule has 0 amide bonds. The molecule has 2 aromatic rings. The van der Waals surface area contributed by atoms with Crippen molar-refractivity contribution in [3.63, 3.8) is 0 Å². The zero-order chi connectivity index (χ0) is 12.3. The quantitative estimate of drug-likeness (QED) is 0.815. The van der Waals surface area contributed by atoms with Crippen molar-refractivity contribution in [2.24, 2.45) is 0 Å². The van der Waals surface area contributed by atoms with Gasteiger partial charge in [-0.3, -0.25) is 9.36 Å². The standard InChI is InChI=1S/C13H12FNO2/c1-17-12-5-2-10(3-6-12)11-4-7-13(16)15(8-11)9-14/h2-8H,9H2,1H3. The molecule has 0 saturated carbocycles. The maximum absolute atomic E-state index is 12.5. The normalized spacial score (nSPS) is 10.2. The molecule has 1 aromatic carbocycles. The number of halogens is 1. The fourth-order valence-electron chi connectivity index (χ4n) is 1.58. The Morgan fingerprint density at radius 2 is 1.76 bits per heavy atom. The van der Waals surface area contributed by atoms with Gasteiger partial charge in [-0.15, -0.1) is 0 Å². The van der Waals surface area contributed by atoms with E-state index in [1.54, 1.807) is 13.2 Å². The summed E-state index contributed by atoms with van der Waals surface area (Å²) < 4.78 is 18.6. The van der Waals surface area contributed by atoms with E-state index < -0.39 is 6.80 Å². The van der Waals surface area contributed by atoms with Gasteiger partial charge in [0.15, 0.2) is 6.80 Å². The van der Waals surface area contributed by atoms with Gasteiger partial charge < -0.3 is 4.74 Å². The Balaban J connectivity index is 2.42. The number of ether oxygens (including phenoxy) is 1. The van der Waals surface area contributed by atoms with Crippen molar-refractivity contribution in [2.45, 2.75) is 6.80 Å². The van der Waals surface area contributed by atoms with E-state index in [0.717, 1.165) is 21.4 Å². The van der Waals surface area contributed by atoms with Crippen LogP contribution in [0.3, 0.4) is 0 Å². The summed E-state index contributed by atoms with van der Waals surface area (Å²) in [7, 11) is 1.60. The highest BCUT2D eigenvalue weighted by atomic mass is 19.1. The second-order valence-corrected chi connectivity index (χ2v) is 3.57. The first kappa shape index (κ1) is 11.4. The van der Waals surface area contributed by atoms with Crippen LogP contribution in [0.4, 0.5) is 4.39 Å². The summed E-state index contributed by atoms with van der Waals surface area (Å²) in [5.74, 6) is 0.757. The van der Waals surface area contributed by atoms with E-state index in [9.17, 15) is 9.18 Å². The summed E-state index contributed by atoms with van der Waals surface area (Å²) in [5, 5.41) is 0. The van der Waals surface area contributed by atoms with Crippen LogP contribution < -0.4 is 10.3 Å². The van der Waals surface area contributed by atoms with Crippen molar-refractivity contribution in [1.29, 1.82) is 0 Å².